The molecule has 0 unspecified atom stereocenters. The quantitative estimate of drug-likeness (QED) is 0.346. The molecular formula is C9H12IN2O8P. The molecule has 2 rings (SSSR count). The fraction of sp³-hybridized carbons (Fsp3) is 0.556. The fourth-order valence-corrected chi connectivity index (χ4v) is 2.66. The van der Waals surface area contributed by atoms with Gasteiger partial charge in [-0.3, -0.25) is 18.9 Å². The Morgan fingerprint density at radius 2 is 2.19 bits per heavy atom. The van der Waals surface area contributed by atoms with Gasteiger partial charge in [0.25, 0.3) is 5.56 Å². The van der Waals surface area contributed by atoms with Crippen molar-refractivity contribution in [3.05, 3.63) is 30.6 Å². The number of ether oxygens (including phenoxy) is 1. The van der Waals surface area contributed by atoms with Gasteiger partial charge < -0.3 is 19.6 Å². The number of phosphoric ester groups is 1. The molecule has 1 aromatic rings. The largest absolute Gasteiger partial charge is 0.469 e. The van der Waals surface area contributed by atoms with Crippen LogP contribution < -0.4 is 11.2 Å². The molecular weight excluding hydrogens is 420 g/mol. The van der Waals surface area contributed by atoms with Crippen molar-refractivity contribution in [1.82, 2.24) is 9.55 Å². The zero-order chi connectivity index (χ0) is 15.8. The summed E-state index contributed by atoms with van der Waals surface area (Å²) in [4.78, 5) is 42.3. The second kappa shape index (κ2) is 6.28. The Morgan fingerprint density at radius 1 is 1.52 bits per heavy atom. The number of phosphoric acid groups is 1. The first-order valence-corrected chi connectivity index (χ1v) is 8.33. The van der Waals surface area contributed by atoms with Gasteiger partial charge in [-0.05, 0) is 22.6 Å². The van der Waals surface area contributed by atoms with E-state index in [0.717, 1.165) is 4.57 Å². The van der Waals surface area contributed by atoms with Crippen LogP contribution in [0.1, 0.15) is 12.6 Å². The van der Waals surface area contributed by atoms with Crippen LogP contribution in [0.5, 0.6) is 0 Å². The van der Waals surface area contributed by atoms with Gasteiger partial charge in [0.05, 0.1) is 16.3 Å². The van der Waals surface area contributed by atoms with Crippen molar-refractivity contribution < 1.29 is 28.7 Å². The number of rotatable bonds is 4. The van der Waals surface area contributed by atoms with Gasteiger partial charge in [0, 0.05) is 12.6 Å². The lowest BCUT2D eigenvalue weighted by Gasteiger charge is -2.16. The molecule has 0 bridgehead atoms. The molecule has 0 aliphatic carbocycles. The van der Waals surface area contributed by atoms with Crippen LogP contribution in [0.2, 0.25) is 0 Å². The molecule has 0 radical (unpaired) electrons. The second-order valence-electron chi connectivity index (χ2n) is 4.36. The lowest BCUT2D eigenvalue weighted by atomic mass is 10.2. The molecule has 0 aromatic carbocycles. The Kier molecular flexibility index (Phi) is 5.03. The molecule has 118 valence electrons. The normalized spacial score (nSPS) is 26.2. The third-order valence-electron chi connectivity index (χ3n) is 2.85. The molecule has 1 saturated heterocycles. The van der Waals surface area contributed by atoms with Gasteiger partial charge in [-0.15, -0.1) is 0 Å². The van der Waals surface area contributed by atoms with E-state index in [1.54, 1.807) is 22.6 Å². The van der Waals surface area contributed by atoms with Crippen molar-refractivity contribution >= 4 is 30.4 Å². The first-order chi connectivity index (χ1) is 9.67. The van der Waals surface area contributed by atoms with Crippen molar-refractivity contribution in [1.29, 1.82) is 0 Å². The minimum Gasteiger partial charge on any atom is -0.390 e. The van der Waals surface area contributed by atoms with Gasteiger partial charge >= 0.3 is 13.5 Å². The minimum atomic E-state index is -4.67. The van der Waals surface area contributed by atoms with Crippen molar-refractivity contribution in [2.45, 2.75) is 24.9 Å². The monoisotopic (exact) mass is 432 g/mol. The van der Waals surface area contributed by atoms with Crippen molar-refractivity contribution in [3.8, 4) is 0 Å². The number of nitrogens with one attached hydrogen (secondary N) is 1. The van der Waals surface area contributed by atoms with E-state index in [1.165, 1.54) is 6.20 Å². The van der Waals surface area contributed by atoms with E-state index >= 15 is 0 Å². The lowest BCUT2D eigenvalue weighted by molar-refractivity contribution is -0.0451. The number of aliphatic hydroxyl groups is 1. The Labute approximate surface area is 131 Å². The number of aliphatic hydroxyl groups excluding tert-OH is 1. The molecule has 1 fully saturated rings. The summed E-state index contributed by atoms with van der Waals surface area (Å²) in [5.41, 5.74) is -1.23. The van der Waals surface area contributed by atoms with Crippen LogP contribution in [0, 0.1) is 3.57 Å². The number of nitrogens with zero attached hydrogens (tertiary/aromatic N) is 1. The van der Waals surface area contributed by atoms with Crippen LogP contribution in [0.15, 0.2) is 15.8 Å². The van der Waals surface area contributed by atoms with Crippen LogP contribution in [0.25, 0.3) is 0 Å². The zero-order valence-corrected chi connectivity index (χ0v) is 13.4. The Hall–Kier alpha value is -0.560. The van der Waals surface area contributed by atoms with Gasteiger partial charge in [-0.2, -0.15) is 0 Å². The highest BCUT2D eigenvalue weighted by Crippen LogP contribution is 2.38. The average molecular weight is 432 g/mol. The highest BCUT2D eigenvalue weighted by molar-refractivity contribution is 14.1. The maximum Gasteiger partial charge on any atom is 0.469 e. The molecule has 0 spiro atoms. The van der Waals surface area contributed by atoms with Crippen LogP contribution in [0.4, 0.5) is 0 Å². The van der Waals surface area contributed by atoms with Crippen LogP contribution in [0.3, 0.4) is 0 Å². The zero-order valence-electron chi connectivity index (χ0n) is 10.4. The Balaban J connectivity index is 2.14. The summed E-state index contributed by atoms with van der Waals surface area (Å²) in [6.07, 6.45) is -1.59. The Bertz CT molecular complexity index is 681. The summed E-state index contributed by atoms with van der Waals surface area (Å²) >= 11 is 1.74. The molecule has 21 heavy (non-hydrogen) atoms. The van der Waals surface area contributed by atoms with E-state index in [9.17, 15) is 19.3 Å². The highest BCUT2D eigenvalue weighted by atomic mass is 125. The summed E-state index contributed by atoms with van der Waals surface area (Å²) in [7, 11) is -4.67. The van der Waals surface area contributed by atoms with E-state index in [-0.39, 0.29) is 9.99 Å². The lowest BCUT2D eigenvalue weighted by Crippen LogP contribution is -2.33. The third-order valence-corrected chi connectivity index (χ3v) is 4.10. The predicted octanol–water partition coefficient (Wildman–Crippen LogP) is -1.10. The summed E-state index contributed by atoms with van der Waals surface area (Å²) in [5, 5.41) is 9.79. The van der Waals surface area contributed by atoms with Crippen molar-refractivity contribution in [2.75, 3.05) is 6.61 Å². The number of aromatic amines is 1. The number of halogens is 1. The van der Waals surface area contributed by atoms with E-state index < -0.39 is 44.1 Å². The number of hydrogen-bond donors (Lipinski definition) is 4. The first kappa shape index (κ1) is 16.8. The molecule has 1 aliphatic heterocycles. The van der Waals surface area contributed by atoms with E-state index in [0.29, 0.717) is 0 Å². The van der Waals surface area contributed by atoms with Crippen LogP contribution in [-0.2, 0) is 13.8 Å². The molecule has 12 heteroatoms. The van der Waals surface area contributed by atoms with Crippen molar-refractivity contribution in [3.63, 3.8) is 0 Å². The summed E-state index contributed by atoms with van der Waals surface area (Å²) in [5.74, 6) is 0. The highest BCUT2D eigenvalue weighted by Gasteiger charge is 2.37. The van der Waals surface area contributed by atoms with Gasteiger partial charge in [0.15, 0.2) is 0 Å². The second-order valence-corrected chi connectivity index (χ2v) is 6.76. The molecule has 2 heterocycles. The SMILES string of the molecule is O=c1[nH]c(=O)n([C@H]2C[C@H](O)[C@@H](COP(=O)(O)O)O2)cc1[125I]. The molecule has 0 saturated carbocycles. The first-order valence-electron chi connectivity index (χ1n) is 5.72. The maximum absolute atomic E-state index is 11.7. The summed E-state index contributed by atoms with van der Waals surface area (Å²) in [6, 6.07) is 0. The van der Waals surface area contributed by atoms with Crippen molar-refractivity contribution in [2.24, 2.45) is 0 Å². The topological polar surface area (TPSA) is 151 Å². The molecule has 3 atom stereocenters. The van der Waals surface area contributed by atoms with E-state index in [1.807, 2.05) is 0 Å². The Morgan fingerprint density at radius 3 is 2.81 bits per heavy atom. The van der Waals surface area contributed by atoms with Crippen LogP contribution >= 0.6 is 30.4 Å². The smallest absolute Gasteiger partial charge is 0.390 e. The molecule has 10 nitrogen and oxygen atoms in total. The number of aromatic nitrogens is 2. The third kappa shape index (κ3) is 4.22. The van der Waals surface area contributed by atoms with Crippen LogP contribution in [-0.4, -0.2) is 43.3 Å². The van der Waals surface area contributed by atoms with Gasteiger partial charge in [-0.25, -0.2) is 9.36 Å². The minimum absolute atomic E-state index is 0.0250. The molecule has 4 N–H and O–H groups in total. The molecule has 1 aromatic heterocycles. The summed E-state index contributed by atoms with van der Waals surface area (Å²) in [6.45, 7) is -0.517. The summed E-state index contributed by atoms with van der Waals surface area (Å²) < 4.78 is 21.6. The molecule has 1 aliphatic rings. The molecule has 0 amide bonds. The van der Waals surface area contributed by atoms with E-state index in [4.69, 9.17) is 14.5 Å². The standard InChI is InChI=1S/C9H12IN2O8P/c10-4-2-12(9(15)11-8(4)14)7-1-5(13)6(20-7)3-19-21(16,17)18/h2,5-7,13H,1,3H2,(H,11,14,15)(H2,16,17,18)/t5-,6+,7+/m0/s1/i10-2. The maximum atomic E-state index is 11.7. The number of hydrogen-bond acceptors (Lipinski definition) is 6. The average Bonchev–Trinajstić information content (AvgIpc) is 2.72. The van der Waals surface area contributed by atoms with Gasteiger partial charge in [-0.1, -0.05) is 0 Å². The fourth-order valence-electron chi connectivity index (χ4n) is 1.88. The predicted molar refractivity (Wildman–Crippen MR) is 76.6 cm³/mol. The van der Waals surface area contributed by atoms with Gasteiger partial charge in [0.2, 0.25) is 0 Å². The van der Waals surface area contributed by atoms with E-state index in [2.05, 4.69) is 9.51 Å². The van der Waals surface area contributed by atoms with Gasteiger partial charge in [0.1, 0.15) is 12.3 Å². The number of H-pyrrole nitrogens is 1.